The first-order valence-corrected chi connectivity index (χ1v) is 8.56. The monoisotopic (exact) mass is 351 g/mol. The lowest BCUT2D eigenvalue weighted by atomic mass is 10.2. The van der Waals surface area contributed by atoms with Crippen LogP contribution >= 0.6 is 11.8 Å². The fourth-order valence-electron chi connectivity index (χ4n) is 2.04. The van der Waals surface area contributed by atoms with Crippen molar-refractivity contribution in [2.24, 2.45) is 0 Å². The molecule has 0 heterocycles. The molecule has 128 valence electrons. The van der Waals surface area contributed by atoms with Crippen LogP contribution in [0.2, 0.25) is 0 Å². The van der Waals surface area contributed by atoms with Gasteiger partial charge >= 0.3 is 6.61 Å². The van der Waals surface area contributed by atoms with Crippen LogP contribution in [0.15, 0.2) is 54.6 Å². The van der Waals surface area contributed by atoms with Gasteiger partial charge in [0.15, 0.2) is 0 Å². The molecule has 0 aliphatic heterocycles. The van der Waals surface area contributed by atoms with Crippen LogP contribution in [-0.4, -0.2) is 17.8 Å². The first-order chi connectivity index (χ1) is 11.5. The fraction of sp³-hybridized carbons (Fsp3) is 0.278. The number of carbonyl (C=O) groups excluding carboxylic acids is 1. The van der Waals surface area contributed by atoms with Crippen LogP contribution in [0.5, 0.6) is 5.75 Å². The quantitative estimate of drug-likeness (QED) is 0.774. The second-order valence-corrected chi connectivity index (χ2v) is 6.51. The molecular weight excluding hydrogens is 332 g/mol. The number of alkyl halides is 2. The summed E-state index contributed by atoms with van der Waals surface area (Å²) in [6, 6.07) is 16.2. The third kappa shape index (κ3) is 6.20. The van der Waals surface area contributed by atoms with Crippen LogP contribution in [0, 0.1) is 0 Å². The number of hydrogen-bond acceptors (Lipinski definition) is 3. The minimum atomic E-state index is -2.86. The standard InChI is InChI=1S/C18H19F2NO2S/c1-13(24-12-14-6-3-2-4-7-14)17(22)21-11-15-8-5-9-16(10-15)23-18(19)20/h2-10,13,18H,11-12H2,1H3,(H,21,22). The van der Waals surface area contributed by atoms with E-state index in [9.17, 15) is 13.6 Å². The molecule has 0 aliphatic carbocycles. The van der Waals surface area contributed by atoms with E-state index in [1.807, 2.05) is 37.3 Å². The van der Waals surface area contributed by atoms with Gasteiger partial charge in [-0.05, 0) is 30.2 Å². The highest BCUT2D eigenvalue weighted by Crippen LogP contribution is 2.18. The maximum atomic E-state index is 12.2. The van der Waals surface area contributed by atoms with Gasteiger partial charge in [0.05, 0.1) is 5.25 Å². The molecule has 1 N–H and O–H groups in total. The summed E-state index contributed by atoms with van der Waals surface area (Å²) in [5, 5.41) is 2.61. The van der Waals surface area contributed by atoms with E-state index in [0.29, 0.717) is 5.56 Å². The van der Waals surface area contributed by atoms with E-state index in [0.717, 1.165) is 5.75 Å². The number of amides is 1. The van der Waals surface area contributed by atoms with Crippen molar-refractivity contribution >= 4 is 17.7 Å². The maximum Gasteiger partial charge on any atom is 0.387 e. The minimum Gasteiger partial charge on any atom is -0.435 e. The van der Waals surface area contributed by atoms with Crippen molar-refractivity contribution in [3.05, 3.63) is 65.7 Å². The van der Waals surface area contributed by atoms with Crippen LogP contribution in [0.3, 0.4) is 0 Å². The van der Waals surface area contributed by atoms with Crippen LogP contribution in [0.1, 0.15) is 18.1 Å². The molecule has 24 heavy (non-hydrogen) atoms. The molecule has 1 amide bonds. The van der Waals surface area contributed by atoms with Crippen molar-refractivity contribution < 1.29 is 18.3 Å². The first kappa shape index (κ1) is 18.3. The molecule has 0 bridgehead atoms. The van der Waals surface area contributed by atoms with Gasteiger partial charge in [0.1, 0.15) is 5.75 Å². The summed E-state index contributed by atoms with van der Waals surface area (Å²) in [6.07, 6.45) is 0. The molecule has 1 atom stereocenters. The van der Waals surface area contributed by atoms with Crippen molar-refractivity contribution in [3.63, 3.8) is 0 Å². The minimum absolute atomic E-state index is 0.0863. The zero-order valence-electron chi connectivity index (χ0n) is 13.2. The summed E-state index contributed by atoms with van der Waals surface area (Å²) >= 11 is 1.55. The number of halogens is 2. The van der Waals surface area contributed by atoms with Crippen molar-refractivity contribution in [1.29, 1.82) is 0 Å². The van der Waals surface area contributed by atoms with E-state index in [2.05, 4.69) is 10.1 Å². The molecule has 0 spiro atoms. The Morgan fingerprint density at radius 1 is 1.12 bits per heavy atom. The van der Waals surface area contributed by atoms with E-state index in [4.69, 9.17) is 0 Å². The predicted molar refractivity (Wildman–Crippen MR) is 92.1 cm³/mol. The van der Waals surface area contributed by atoms with Gasteiger partial charge < -0.3 is 10.1 Å². The molecule has 0 aromatic heterocycles. The van der Waals surface area contributed by atoms with Gasteiger partial charge in [-0.25, -0.2) is 0 Å². The molecule has 0 saturated carbocycles. The van der Waals surface area contributed by atoms with Crippen molar-refractivity contribution in [1.82, 2.24) is 5.32 Å². The number of ether oxygens (including phenoxy) is 1. The molecule has 2 aromatic carbocycles. The summed E-state index contributed by atoms with van der Waals surface area (Å²) in [5.74, 6) is 0.756. The molecule has 0 fully saturated rings. The first-order valence-electron chi connectivity index (χ1n) is 7.51. The Kier molecular flexibility index (Phi) is 7.06. The second-order valence-electron chi connectivity index (χ2n) is 5.18. The van der Waals surface area contributed by atoms with Gasteiger partial charge in [0.2, 0.25) is 5.91 Å². The largest absolute Gasteiger partial charge is 0.435 e. The summed E-state index contributed by atoms with van der Waals surface area (Å²) in [7, 11) is 0. The molecule has 0 aliphatic rings. The number of thioether (sulfide) groups is 1. The number of nitrogens with one attached hydrogen (secondary N) is 1. The Morgan fingerprint density at radius 2 is 1.83 bits per heavy atom. The average molecular weight is 351 g/mol. The van der Waals surface area contributed by atoms with Crippen LogP contribution in [0.4, 0.5) is 8.78 Å². The zero-order chi connectivity index (χ0) is 17.4. The van der Waals surface area contributed by atoms with Crippen LogP contribution in [-0.2, 0) is 17.1 Å². The third-order valence-corrected chi connectivity index (χ3v) is 4.52. The van der Waals surface area contributed by atoms with E-state index in [-0.39, 0.29) is 23.5 Å². The Hall–Kier alpha value is -2.08. The summed E-state index contributed by atoms with van der Waals surface area (Å²) in [4.78, 5) is 12.1. The molecule has 0 saturated heterocycles. The van der Waals surface area contributed by atoms with E-state index >= 15 is 0 Å². The third-order valence-electron chi connectivity index (χ3n) is 3.30. The van der Waals surface area contributed by atoms with Crippen molar-refractivity contribution in [2.75, 3.05) is 0 Å². The summed E-state index contributed by atoms with van der Waals surface area (Å²) in [6.45, 7) is -0.737. The van der Waals surface area contributed by atoms with Gasteiger partial charge in [-0.15, -0.1) is 11.8 Å². The maximum absolute atomic E-state index is 12.2. The van der Waals surface area contributed by atoms with Gasteiger partial charge in [-0.3, -0.25) is 4.79 Å². The number of hydrogen-bond donors (Lipinski definition) is 1. The number of carbonyl (C=O) groups is 1. The van der Waals surface area contributed by atoms with Crippen molar-refractivity contribution in [3.8, 4) is 5.75 Å². The smallest absolute Gasteiger partial charge is 0.387 e. The highest BCUT2D eigenvalue weighted by molar-refractivity contribution is 7.99. The van der Waals surface area contributed by atoms with E-state index in [1.165, 1.54) is 17.7 Å². The van der Waals surface area contributed by atoms with Crippen LogP contribution in [0.25, 0.3) is 0 Å². The fourth-order valence-corrected chi connectivity index (χ4v) is 2.91. The lowest BCUT2D eigenvalue weighted by Crippen LogP contribution is -2.30. The predicted octanol–water partition coefficient (Wildman–Crippen LogP) is 4.23. The zero-order valence-corrected chi connectivity index (χ0v) is 14.1. The SMILES string of the molecule is CC(SCc1ccccc1)C(=O)NCc1cccc(OC(F)F)c1. The lowest BCUT2D eigenvalue weighted by Gasteiger charge is -2.13. The lowest BCUT2D eigenvalue weighted by molar-refractivity contribution is -0.120. The van der Waals surface area contributed by atoms with E-state index in [1.54, 1.807) is 23.9 Å². The Balaban J connectivity index is 1.79. The Morgan fingerprint density at radius 3 is 2.54 bits per heavy atom. The molecular formula is C18H19F2NO2S. The number of rotatable bonds is 8. The average Bonchev–Trinajstić information content (AvgIpc) is 2.58. The second kappa shape index (κ2) is 9.27. The van der Waals surface area contributed by atoms with Gasteiger partial charge in [-0.1, -0.05) is 42.5 Å². The summed E-state index contributed by atoms with van der Waals surface area (Å²) in [5.41, 5.74) is 1.88. The highest BCUT2D eigenvalue weighted by atomic mass is 32.2. The molecule has 3 nitrogen and oxygen atoms in total. The highest BCUT2D eigenvalue weighted by Gasteiger charge is 2.13. The van der Waals surface area contributed by atoms with Crippen molar-refractivity contribution in [2.45, 2.75) is 31.1 Å². The van der Waals surface area contributed by atoms with Crippen LogP contribution < -0.4 is 10.1 Å². The normalized spacial score (nSPS) is 12.0. The number of benzene rings is 2. The topological polar surface area (TPSA) is 38.3 Å². The molecule has 2 aromatic rings. The van der Waals surface area contributed by atoms with Gasteiger partial charge in [0, 0.05) is 12.3 Å². The summed E-state index contributed by atoms with van der Waals surface area (Å²) < 4.78 is 28.8. The van der Waals surface area contributed by atoms with E-state index < -0.39 is 6.61 Å². The van der Waals surface area contributed by atoms with Gasteiger partial charge in [-0.2, -0.15) is 8.78 Å². The Bertz CT molecular complexity index is 652. The molecule has 6 heteroatoms. The molecule has 2 rings (SSSR count). The Labute approximate surface area is 144 Å². The molecule has 1 unspecified atom stereocenters. The molecule has 0 radical (unpaired) electrons. The van der Waals surface area contributed by atoms with Gasteiger partial charge in [0.25, 0.3) is 0 Å².